The molecule has 0 saturated heterocycles. The van der Waals surface area contributed by atoms with E-state index in [1.807, 2.05) is 70.2 Å². The average Bonchev–Trinajstić information content (AvgIpc) is 3.05. The molecule has 156 valence electrons. The van der Waals surface area contributed by atoms with E-state index in [9.17, 15) is 9.59 Å². The molecule has 0 aliphatic heterocycles. The highest BCUT2D eigenvalue weighted by atomic mass is 32.2. The molecule has 7 heteroatoms. The van der Waals surface area contributed by atoms with Gasteiger partial charge < -0.3 is 15.1 Å². The van der Waals surface area contributed by atoms with Gasteiger partial charge in [0.2, 0.25) is 11.8 Å². The van der Waals surface area contributed by atoms with Crippen LogP contribution in [-0.4, -0.2) is 28.6 Å². The number of hydrogen-bond donors (Lipinski definition) is 2. The van der Waals surface area contributed by atoms with Gasteiger partial charge in [-0.3, -0.25) is 9.59 Å². The number of thioether (sulfide) groups is 1. The van der Waals surface area contributed by atoms with Crippen molar-refractivity contribution in [1.29, 1.82) is 0 Å². The van der Waals surface area contributed by atoms with E-state index in [4.69, 9.17) is 4.42 Å². The van der Waals surface area contributed by atoms with Crippen LogP contribution in [0.4, 0.5) is 5.69 Å². The molecular weight excluding hydrogens is 398 g/mol. The lowest BCUT2D eigenvalue weighted by atomic mass is 10.1. The van der Waals surface area contributed by atoms with Crippen LogP contribution in [0.15, 0.2) is 57.8 Å². The van der Waals surface area contributed by atoms with Crippen LogP contribution in [-0.2, 0) is 4.79 Å². The number of nitrogens with one attached hydrogen (secondary N) is 2. The summed E-state index contributed by atoms with van der Waals surface area (Å²) in [7, 11) is 0. The number of anilines is 1. The largest absolute Gasteiger partial charge is 0.441 e. The number of carbonyl (C=O) groups excluding carboxylic acids is 2. The topological polar surface area (TPSA) is 84.2 Å². The molecule has 0 aliphatic rings. The van der Waals surface area contributed by atoms with Gasteiger partial charge in [-0.25, -0.2) is 4.98 Å². The zero-order valence-corrected chi connectivity index (χ0v) is 18.3. The predicted octanol–water partition coefficient (Wildman–Crippen LogP) is 4.83. The second-order valence-electron chi connectivity index (χ2n) is 7.20. The molecule has 1 heterocycles. The molecule has 2 N–H and O–H groups in total. The molecule has 2 amide bonds. The number of nitrogens with zero attached hydrogens (tertiary/aromatic N) is 1. The number of benzene rings is 2. The van der Waals surface area contributed by atoms with Crippen LogP contribution in [0.3, 0.4) is 0 Å². The summed E-state index contributed by atoms with van der Waals surface area (Å²) in [5.74, 6) is 1.25. The van der Waals surface area contributed by atoms with Crippen molar-refractivity contribution in [2.45, 2.75) is 38.6 Å². The van der Waals surface area contributed by atoms with Gasteiger partial charge in [0.05, 0.1) is 17.0 Å². The standard InChI is InChI=1S/C23H25N3O3S/c1-14(2)24-21(27)13-30-20-11-6-5-10-19(20)22(28)26-18-9-7-8-17(12-18)23-25-15(3)16(4)29-23/h5-12,14H,13H2,1-4H3,(H,24,27)(H,26,28). The number of aromatic nitrogens is 1. The van der Waals surface area contributed by atoms with E-state index < -0.39 is 0 Å². The van der Waals surface area contributed by atoms with Crippen molar-refractivity contribution in [2.75, 3.05) is 11.1 Å². The van der Waals surface area contributed by atoms with E-state index in [0.29, 0.717) is 17.1 Å². The number of amides is 2. The fraction of sp³-hybridized carbons (Fsp3) is 0.261. The monoisotopic (exact) mass is 423 g/mol. The van der Waals surface area contributed by atoms with Gasteiger partial charge in [0.25, 0.3) is 5.91 Å². The molecule has 0 unspecified atom stereocenters. The van der Waals surface area contributed by atoms with Crippen LogP contribution in [0.5, 0.6) is 0 Å². The van der Waals surface area contributed by atoms with Crippen molar-refractivity contribution in [3.05, 3.63) is 65.5 Å². The Morgan fingerprint density at radius 1 is 1.10 bits per heavy atom. The summed E-state index contributed by atoms with van der Waals surface area (Å²) in [6.45, 7) is 7.59. The Labute approximate surface area is 180 Å². The summed E-state index contributed by atoms with van der Waals surface area (Å²) in [5, 5.41) is 5.78. The summed E-state index contributed by atoms with van der Waals surface area (Å²) in [6, 6.07) is 14.7. The first-order valence-corrected chi connectivity index (χ1v) is 10.7. The van der Waals surface area contributed by atoms with Crippen LogP contribution in [0.2, 0.25) is 0 Å². The SMILES string of the molecule is Cc1nc(-c2cccc(NC(=O)c3ccccc3SCC(=O)NC(C)C)c2)oc1C. The van der Waals surface area contributed by atoms with Crippen LogP contribution >= 0.6 is 11.8 Å². The highest BCUT2D eigenvalue weighted by molar-refractivity contribution is 8.00. The normalized spacial score (nSPS) is 10.8. The molecule has 6 nitrogen and oxygen atoms in total. The number of aryl methyl sites for hydroxylation is 2. The minimum Gasteiger partial charge on any atom is -0.441 e. The number of carbonyl (C=O) groups is 2. The molecule has 1 aromatic heterocycles. The lowest BCUT2D eigenvalue weighted by Gasteiger charge is -2.11. The second-order valence-corrected chi connectivity index (χ2v) is 8.22. The molecule has 0 aliphatic carbocycles. The van der Waals surface area contributed by atoms with Crippen molar-refractivity contribution in [3.8, 4) is 11.5 Å². The molecule has 0 bridgehead atoms. The number of rotatable bonds is 7. The second kappa shape index (κ2) is 9.63. The summed E-state index contributed by atoms with van der Waals surface area (Å²) in [5.41, 5.74) is 2.79. The smallest absolute Gasteiger partial charge is 0.256 e. The first-order valence-electron chi connectivity index (χ1n) is 9.70. The highest BCUT2D eigenvalue weighted by Crippen LogP contribution is 2.26. The van der Waals surface area contributed by atoms with Gasteiger partial charge >= 0.3 is 0 Å². The van der Waals surface area contributed by atoms with Gasteiger partial charge in [0, 0.05) is 22.2 Å². The molecule has 0 fully saturated rings. The van der Waals surface area contributed by atoms with E-state index in [1.54, 1.807) is 6.07 Å². The van der Waals surface area contributed by atoms with Crippen molar-refractivity contribution in [3.63, 3.8) is 0 Å². The molecule has 0 spiro atoms. The Balaban J connectivity index is 1.74. The zero-order valence-electron chi connectivity index (χ0n) is 17.5. The molecule has 3 aromatic rings. The van der Waals surface area contributed by atoms with Crippen molar-refractivity contribution < 1.29 is 14.0 Å². The van der Waals surface area contributed by atoms with Gasteiger partial charge in [-0.15, -0.1) is 11.8 Å². The quantitative estimate of drug-likeness (QED) is 0.532. The summed E-state index contributed by atoms with van der Waals surface area (Å²) in [4.78, 5) is 30.0. The maximum Gasteiger partial charge on any atom is 0.256 e. The lowest BCUT2D eigenvalue weighted by molar-refractivity contribution is -0.119. The van der Waals surface area contributed by atoms with Crippen molar-refractivity contribution >= 4 is 29.3 Å². The molecule has 2 aromatic carbocycles. The van der Waals surface area contributed by atoms with Crippen LogP contribution in [0.25, 0.3) is 11.5 Å². The van der Waals surface area contributed by atoms with Crippen LogP contribution in [0.1, 0.15) is 35.7 Å². The summed E-state index contributed by atoms with van der Waals surface area (Å²) < 4.78 is 5.68. The number of oxazole rings is 1. The molecule has 30 heavy (non-hydrogen) atoms. The third kappa shape index (κ3) is 5.51. The Hall–Kier alpha value is -3.06. The fourth-order valence-corrected chi connectivity index (χ4v) is 3.67. The van der Waals surface area contributed by atoms with E-state index >= 15 is 0 Å². The average molecular weight is 424 g/mol. The summed E-state index contributed by atoms with van der Waals surface area (Å²) >= 11 is 1.34. The first kappa shape index (κ1) is 21.6. The van der Waals surface area contributed by atoms with E-state index in [-0.39, 0.29) is 23.6 Å². The Morgan fingerprint density at radius 3 is 2.57 bits per heavy atom. The zero-order chi connectivity index (χ0) is 21.7. The minimum absolute atomic E-state index is 0.0607. The highest BCUT2D eigenvalue weighted by Gasteiger charge is 2.15. The van der Waals surface area contributed by atoms with Gasteiger partial charge in [0.15, 0.2) is 0 Å². The van der Waals surface area contributed by atoms with Crippen LogP contribution < -0.4 is 10.6 Å². The number of hydrogen-bond acceptors (Lipinski definition) is 5. The third-order valence-corrected chi connectivity index (χ3v) is 5.41. The van der Waals surface area contributed by atoms with Gasteiger partial charge in [-0.1, -0.05) is 18.2 Å². The van der Waals surface area contributed by atoms with Gasteiger partial charge in [-0.05, 0) is 58.0 Å². The van der Waals surface area contributed by atoms with E-state index in [0.717, 1.165) is 21.9 Å². The molecule has 0 saturated carbocycles. The molecule has 3 rings (SSSR count). The maximum atomic E-state index is 12.9. The van der Waals surface area contributed by atoms with Crippen LogP contribution in [0, 0.1) is 13.8 Å². The fourth-order valence-electron chi connectivity index (χ4n) is 2.81. The first-order chi connectivity index (χ1) is 14.3. The van der Waals surface area contributed by atoms with Gasteiger partial charge in [-0.2, -0.15) is 0 Å². The van der Waals surface area contributed by atoms with Gasteiger partial charge in [0.1, 0.15) is 5.76 Å². The predicted molar refractivity (Wildman–Crippen MR) is 120 cm³/mol. The van der Waals surface area contributed by atoms with Crippen molar-refractivity contribution in [2.24, 2.45) is 0 Å². The summed E-state index contributed by atoms with van der Waals surface area (Å²) in [6.07, 6.45) is 0. The van der Waals surface area contributed by atoms with E-state index in [1.165, 1.54) is 11.8 Å². The lowest BCUT2D eigenvalue weighted by Crippen LogP contribution is -2.31. The Bertz CT molecular complexity index is 1040. The van der Waals surface area contributed by atoms with E-state index in [2.05, 4.69) is 15.6 Å². The molecular formula is C23H25N3O3S. The Morgan fingerprint density at radius 2 is 1.87 bits per heavy atom. The minimum atomic E-state index is -0.237. The van der Waals surface area contributed by atoms with Crippen molar-refractivity contribution in [1.82, 2.24) is 10.3 Å². The third-order valence-electron chi connectivity index (χ3n) is 4.34. The Kier molecular flexibility index (Phi) is 6.95. The molecule has 0 radical (unpaired) electrons. The molecule has 0 atom stereocenters. The maximum absolute atomic E-state index is 12.9.